The van der Waals surface area contributed by atoms with Gasteiger partial charge in [-0.25, -0.2) is 10.1 Å². The second kappa shape index (κ2) is 9.43. The highest BCUT2D eigenvalue weighted by atomic mass is 16.6. The zero-order chi connectivity index (χ0) is 24.2. The average Bonchev–Trinajstić information content (AvgIpc) is 3.47. The number of hydrogen-bond acceptors (Lipinski definition) is 9. The first-order valence-electron chi connectivity index (χ1n) is 10.6. The molecule has 174 valence electrons. The number of aryl methyl sites for hydroxylation is 1. The number of carbonyl (C=O) groups excluding carboxylic acids is 1. The highest BCUT2D eigenvalue weighted by molar-refractivity contribution is 5.95. The second-order valence-corrected chi connectivity index (χ2v) is 7.61. The second-order valence-electron chi connectivity index (χ2n) is 7.61. The van der Waals surface area contributed by atoms with Gasteiger partial charge in [-0.1, -0.05) is 59.8 Å². The van der Waals surface area contributed by atoms with Crippen LogP contribution in [0.4, 0.5) is 5.82 Å². The SMILES string of the molecule is Cc1nnn(-c2nonc2N)c1C(=O)N/N=C/c1cccc(OCc2cccc3ccccc23)c1. The normalized spacial score (nSPS) is 11.2. The molecular formula is C24H20N8O3. The highest BCUT2D eigenvalue weighted by Gasteiger charge is 2.22. The van der Waals surface area contributed by atoms with Crippen LogP contribution in [0.15, 0.2) is 76.5 Å². The van der Waals surface area contributed by atoms with Crippen molar-refractivity contribution in [3.8, 4) is 11.6 Å². The van der Waals surface area contributed by atoms with E-state index in [1.165, 1.54) is 11.6 Å². The maximum atomic E-state index is 12.7. The fourth-order valence-electron chi connectivity index (χ4n) is 3.59. The molecule has 0 spiro atoms. The minimum atomic E-state index is -0.547. The molecule has 0 aliphatic heterocycles. The lowest BCUT2D eigenvalue weighted by Gasteiger charge is -2.09. The van der Waals surface area contributed by atoms with E-state index in [0.29, 0.717) is 18.1 Å². The number of nitrogens with one attached hydrogen (secondary N) is 1. The van der Waals surface area contributed by atoms with Crippen LogP contribution >= 0.6 is 0 Å². The van der Waals surface area contributed by atoms with E-state index in [1.54, 1.807) is 6.92 Å². The number of benzene rings is 3. The van der Waals surface area contributed by atoms with Gasteiger partial charge in [-0.15, -0.1) is 5.10 Å². The summed E-state index contributed by atoms with van der Waals surface area (Å²) in [6, 6.07) is 21.7. The van der Waals surface area contributed by atoms with Crippen molar-refractivity contribution in [3.05, 3.63) is 89.2 Å². The van der Waals surface area contributed by atoms with Gasteiger partial charge in [-0.3, -0.25) is 4.79 Å². The van der Waals surface area contributed by atoms with Gasteiger partial charge < -0.3 is 10.5 Å². The number of anilines is 1. The van der Waals surface area contributed by atoms with Crippen molar-refractivity contribution in [2.45, 2.75) is 13.5 Å². The maximum Gasteiger partial charge on any atom is 0.292 e. The van der Waals surface area contributed by atoms with Crippen molar-refractivity contribution in [1.82, 2.24) is 30.7 Å². The van der Waals surface area contributed by atoms with E-state index >= 15 is 0 Å². The number of ether oxygens (including phenoxy) is 1. The number of hydrazone groups is 1. The summed E-state index contributed by atoms with van der Waals surface area (Å²) in [4.78, 5) is 12.7. The Balaban J connectivity index is 1.26. The Kier molecular flexibility index (Phi) is 5.87. The van der Waals surface area contributed by atoms with Crippen molar-refractivity contribution in [2.75, 3.05) is 5.73 Å². The van der Waals surface area contributed by atoms with Crippen LogP contribution in [-0.2, 0) is 6.61 Å². The van der Waals surface area contributed by atoms with E-state index in [1.807, 2.05) is 48.5 Å². The summed E-state index contributed by atoms with van der Waals surface area (Å²) in [7, 11) is 0. The van der Waals surface area contributed by atoms with Crippen LogP contribution < -0.4 is 15.9 Å². The van der Waals surface area contributed by atoms with Crippen LogP contribution in [0.1, 0.15) is 27.3 Å². The molecule has 0 saturated heterocycles. The molecule has 0 atom stereocenters. The molecule has 0 saturated carbocycles. The van der Waals surface area contributed by atoms with E-state index in [2.05, 4.69) is 54.0 Å². The Bertz CT molecular complexity index is 1530. The van der Waals surface area contributed by atoms with Crippen molar-refractivity contribution in [2.24, 2.45) is 5.10 Å². The monoisotopic (exact) mass is 468 g/mol. The predicted octanol–water partition coefficient (Wildman–Crippen LogP) is 3.04. The van der Waals surface area contributed by atoms with Gasteiger partial charge in [0.15, 0.2) is 5.69 Å². The van der Waals surface area contributed by atoms with Crippen molar-refractivity contribution in [1.29, 1.82) is 0 Å². The predicted molar refractivity (Wildman–Crippen MR) is 128 cm³/mol. The molecule has 11 heteroatoms. The molecule has 0 aliphatic carbocycles. The number of aromatic nitrogens is 5. The topological polar surface area (TPSA) is 146 Å². The summed E-state index contributed by atoms with van der Waals surface area (Å²) in [5, 5.41) is 21.3. The fraction of sp³-hybridized carbons (Fsp3) is 0.0833. The lowest BCUT2D eigenvalue weighted by atomic mass is 10.1. The zero-order valence-electron chi connectivity index (χ0n) is 18.6. The number of nitrogens with two attached hydrogens (primary N) is 1. The molecular weight excluding hydrogens is 448 g/mol. The first kappa shape index (κ1) is 21.8. The summed E-state index contributed by atoms with van der Waals surface area (Å²) in [5.74, 6) is 0.179. The quantitative estimate of drug-likeness (QED) is 0.274. The number of hydrogen-bond donors (Lipinski definition) is 2. The van der Waals surface area contributed by atoms with Crippen molar-refractivity contribution < 1.29 is 14.2 Å². The molecule has 0 bridgehead atoms. The Labute approximate surface area is 199 Å². The third-order valence-corrected chi connectivity index (χ3v) is 5.26. The molecule has 0 aliphatic rings. The van der Waals surface area contributed by atoms with Gasteiger partial charge in [-0.05, 0) is 51.3 Å². The number of nitrogens with zero attached hydrogens (tertiary/aromatic N) is 6. The first-order valence-corrected chi connectivity index (χ1v) is 10.6. The molecule has 2 aromatic heterocycles. The van der Waals surface area contributed by atoms with E-state index in [9.17, 15) is 4.79 Å². The molecule has 0 unspecified atom stereocenters. The molecule has 35 heavy (non-hydrogen) atoms. The minimum absolute atomic E-state index is 0.0206. The molecule has 0 fully saturated rings. The lowest BCUT2D eigenvalue weighted by molar-refractivity contribution is 0.0946. The van der Waals surface area contributed by atoms with Gasteiger partial charge in [0.05, 0.1) is 11.9 Å². The number of fused-ring (bicyclic) bond motifs is 1. The summed E-state index contributed by atoms with van der Waals surface area (Å²) in [6.45, 7) is 2.05. The first-order chi connectivity index (χ1) is 17.1. The molecule has 5 rings (SSSR count). The smallest absolute Gasteiger partial charge is 0.292 e. The van der Waals surface area contributed by atoms with Gasteiger partial charge in [0.2, 0.25) is 11.6 Å². The van der Waals surface area contributed by atoms with E-state index in [4.69, 9.17) is 10.5 Å². The van der Waals surface area contributed by atoms with Gasteiger partial charge in [0.1, 0.15) is 12.4 Å². The third kappa shape index (κ3) is 4.55. The summed E-state index contributed by atoms with van der Waals surface area (Å²) in [6.07, 6.45) is 1.51. The number of nitrogen functional groups attached to an aromatic ring is 1. The van der Waals surface area contributed by atoms with Crippen LogP contribution in [0.25, 0.3) is 16.6 Å². The number of rotatable bonds is 7. The van der Waals surface area contributed by atoms with Crippen LogP contribution in [0.3, 0.4) is 0 Å². The lowest BCUT2D eigenvalue weighted by Crippen LogP contribution is -2.22. The van der Waals surface area contributed by atoms with Crippen LogP contribution in [0.2, 0.25) is 0 Å². The Hall–Kier alpha value is -5.06. The van der Waals surface area contributed by atoms with E-state index in [-0.39, 0.29) is 17.3 Å². The van der Waals surface area contributed by atoms with Gasteiger partial charge in [0, 0.05) is 0 Å². The zero-order valence-corrected chi connectivity index (χ0v) is 18.6. The molecule has 11 nitrogen and oxygen atoms in total. The van der Waals surface area contributed by atoms with Gasteiger partial charge >= 0.3 is 0 Å². The Morgan fingerprint density at radius 2 is 1.97 bits per heavy atom. The highest BCUT2D eigenvalue weighted by Crippen LogP contribution is 2.21. The van der Waals surface area contributed by atoms with Gasteiger partial charge in [-0.2, -0.15) is 9.78 Å². The molecule has 2 heterocycles. The number of amides is 1. The van der Waals surface area contributed by atoms with E-state index < -0.39 is 5.91 Å². The third-order valence-electron chi connectivity index (χ3n) is 5.26. The average molecular weight is 468 g/mol. The molecule has 1 amide bonds. The molecule has 0 radical (unpaired) electrons. The fourth-order valence-corrected chi connectivity index (χ4v) is 3.59. The summed E-state index contributed by atoms with van der Waals surface area (Å²) >= 11 is 0. The van der Waals surface area contributed by atoms with E-state index in [0.717, 1.165) is 21.2 Å². The Morgan fingerprint density at radius 3 is 2.83 bits per heavy atom. The summed E-state index contributed by atoms with van der Waals surface area (Å²) in [5.41, 5.74) is 10.5. The van der Waals surface area contributed by atoms with Crippen molar-refractivity contribution in [3.63, 3.8) is 0 Å². The molecule has 3 N–H and O–H groups in total. The van der Waals surface area contributed by atoms with Crippen LogP contribution in [0.5, 0.6) is 5.75 Å². The molecule has 5 aromatic rings. The Morgan fingerprint density at radius 1 is 1.14 bits per heavy atom. The van der Waals surface area contributed by atoms with Crippen molar-refractivity contribution >= 4 is 28.7 Å². The largest absolute Gasteiger partial charge is 0.489 e. The van der Waals surface area contributed by atoms with Gasteiger partial charge in [0.25, 0.3) is 5.91 Å². The maximum absolute atomic E-state index is 12.7. The number of carbonyl (C=O) groups is 1. The van der Waals surface area contributed by atoms with Crippen LogP contribution in [-0.4, -0.2) is 37.4 Å². The standard InChI is InChI=1S/C24H20N8O3/c1-15-21(32(31-27-15)23-22(25)29-35-30-23)24(33)28-26-13-16-6-4-10-19(12-16)34-14-18-9-5-8-17-7-2-3-11-20(17)18/h2-13H,14H2,1H3,(H2,25,29)(H,28,33)/b26-13+. The minimum Gasteiger partial charge on any atom is -0.489 e. The van der Waals surface area contributed by atoms with Crippen LogP contribution in [0, 0.1) is 6.92 Å². The summed E-state index contributed by atoms with van der Waals surface area (Å²) < 4.78 is 11.7. The molecule has 3 aromatic carbocycles.